The first-order valence-electron chi connectivity index (χ1n) is 6.35. The van der Waals surface area contributed by atoms with Gasteiger partial charge in [0.05, 0.1) is 6.61 Å². The van der Waals surface area contributed by atoms with E-state index in [4.69, 9.17) is 22.7 Å². The highest BCUT2D eigenvalue weighted by Gasteiger charge is 2.06. The maximum Gasteiger partial charge on any atom is 0.106 e. The van der Waals surface area contributed by atoms with E-state index in [0.717, 1.165) is 28.1 Å². The number of hydrogen-bond donors (Lipinski definition) is 2. The van der Waals surface area contributed by atoms with Crippen LogP contribution in [0.2, 0.25) is 0 Å². The SMILES string of the molecule is COCc1cccc(Nc2cc(C)ccc2C(N)=S)c1. The number of nitrogens with one attached hydrogen (secondary N) is 1. The predicted molar refractivity (Wildman–Crippen MR) is 87.5 cm³/mol. The van der Waals surface area contributed by atoms with Gasteiger partial charge in [-0.15, -0.1) is 0 Å². The molecule has 20 heavy (non-hydrogen) atoms. The van der Waals surface area contributed by atoms with Crippen molar-refractivity contribution in [2.75, 3.05) is 12.4 Å². The van der Waals surface area contributed by atoms with Crippen molar-refractivity contribution in [1.82, 2.24) is 0 Å². The highest BCUT2D eigenvalue weighted by atomic mass is 32.1. The highest BCUT2D eigenvalue weighted by molar-refractivity contribution is 7.80. The summed E-state index contributed by atoms with van der Waals surface area (Å²) in [5.74, 6) is 0. The number of nitrogens with two attached hydrogens (primary N) is 1. The zero-order valence-corrected chi connectivity index (χ0v) is 12.5. The summed E-state index contributed by atoms with van der Waals surface area (Å²) < 4.78 is 5.15. The van der Waals surface area contributed by atoms with Crippen LogP contribution in [0.4, 0.5) is 11.4 Å². The number of hydrogen-bond acceptors (Lipinski definition) is 3. The van der Waals surface area contributed by atoms with Gasteiger partial charge in [-0.25, -0.2) is 0 Å². The molecule has 0 aliphatic heterocycles. The van der Waals surface area contributed by atoms with Crippen molar-refractivity contribution in [1.29, 1.82) is 0 Å². The molecule has 0 atom stereocenters. The molecule has 0 aromatic heterocycles. The van der Waals surface area contributed by atoms with Gasteiger partial charge >= 0.3 is 0 Å². The van der Waals surface area contributed by atoms with Crippen molar-refractivity contribution < 1.29 is 4.74 Å². The molecule has 0 unspecified atom stereocenters. The van der Waals surface area contributed by atoms with Gasteiger partial charge in [0.25, 0.3) is 0 Å². The second-order valence-corrected chi connectivity index (χ2v) is 5.11. The van der Waals surface area contributed by atoms with Crippen LogP contribution in [-0.2, 0) is 11.3 Å². The second-order valence-electron chi connectivity index (χ2n) is 4.67. The van der Waals surface area contributed by atoms with Crippen molar-refractivity contribution in [2.45, 2.75) is 13.5 Å². The van der Waals surface area contributed by atoms with Gasteiger partial charge in [-0.05, 0) is 42.3 Å². The fourth-order valence-electron chi connectivity index (χ4n) is 2.04. The summed E-state index contributed by atoms with van der Waals surface area (Å²) >= 11 is 5.09. The van der Waals surface area contributed by atoms with Gasteiger partial charge in [0.2, 0.25) is 0 Å². The molecule has 0 aliphatic rings. The van der Waals surface area contributed by atoms with Crippen LogP contribution in [0.15, 0.2) is 42.5 Å². The standard InChI is InChI=1S/C16H18N2OS/c1-11-6-7-14(16(17)20)15(8-11)18-13-5-3-4-12(9-13)10-19-2/h3-9,18H,10H2,1-2H3,(H2,17,20). The molecular formula is C16H18N2OS. The molecule has 0 spiro atoms. The van der Waals surface area contributed by atoms with Gasteiger partial charge in [-0.3, -0.25) is 0 Å². The molecule has 104 valence electrons. The Bertz CT molecular complexity index is 626. The van der Waals surface area contributed by atoms with Crippen LogP contribution in [0, 0.1) is 6.92 Å². The van der Waals surface area contributed by atoms with Gasteiger partial charge in [0.15, 0.2) is 0 Å². The zero-order chi connectivity index (χ0) is 14.5. The van der Waals surface area contributed by atoms with E-state index in [-0.39, 0.29) is 0 Å². The second kappa shape index (κ2) is 6.50. The molecule has 0 radical (unpaired) electrons. The van der Waals surface area contributed by atoms with Gasteiger partial charge in [0.1, 0.15) is 4.99 Å². The monoisotopic (exact) mass is 286 g/mol. The lowest BCUT2D eigenvalue weighted by atomic mass is 10.1. The van der Waals surface area contributed by atoms with Crippen LogP contribution in [0.5, 0.6) is 0 Å². The molecule has 2 aromatic carbocycles. The summed E-state index contributed by atoms with van der Waals surface area (Å²) in [7, 11) is 1.69. The van der Waals surface area contributed by atoms with E-state index >= 15 is 0 Å². The van der Waals surface area contributed by atoms with E-state index in [2.05, 4.69) is 11.4 Å². The van der Waals surface area contributed by atoms with Crippen LogP contribution in [0.3, 0.4) is 0 Å². The molecule has 0 bridgehead atoms. The summed E-state index contributed by atoms with van der Waals surface area (Å²) in [4.78, 5) is 0.389. The molecule has 2 rings (SSSR count). The Morgan fingerprint density at radius 1 is 1.25 bits per heavy atom. The zero-order valence-electron chi connectivity index (χ0n) is 11.6. The summed E-state index contributed by atoms with van der Waals surface area (Å²) in [6.07, 6.45) is 0. The number of benzene rings is 2. The number of methoxy groups -OCH3 is 1. The minimum absolute atomic E-state index is 0.389. The summed E-state index contributed by atoms with van der Waals surface area (Å²) in [6, 6.07) is 14.1. The maximum absolute atomic E-state index is 5.77. The fourth-order valence-corrected chi connectivity index (χ4v) is 2.22. The van der Waals surface area contributed by atoms with Crippen LogP contribution >= 0.6 is 12.2 Å². The Morgan fingerprint density at radius 2 is 2.05 bits per heavy atom. The molecule has 2 aromatic rings. The lowest BCUT2D eigenvalue weighted by molar-refractivity contribution is 0.185. The lowest BCUT2D eigenvalue weighted by Crippen LogP contribution is -2.12. The molecule has 0 amide bonds. The summed E-state index contributed by atoms with van der Waals surface area (Å²) in [5, 5.41) is 3.37. The molecule has 3 N–H and O–H groups in total. The third kappa shape index (κ3) is 3.56. The fraction of sp³-hybridized carbons (Fsp3) is 0.188. The smallest absolute Gasteiger partial charge is 0.106 e. The van der Waals surface area contributed by atoms with E-state index in [1.807, 2.05) is 43.3 Å². The molecular weight excluding hydrogens is 268 g/mol. The van der Waals surface area contributed by atoms with Crippen LogP contribution < -0.4 is 11.1 Å². The Hall–Kier alpha value is -1.91. The van der Waals surface area contributed by atoms with Gasteiger partial charge in [-0.2, -0.15) is 0 Å². The van der Waals surface area contributed by atoms with E-state index in [0.29, 0.717) is 11.6 Å². The van der Waals surface area contributed by atoms with Crippen LogP contribution in [0.25, 0.3) is 0 Å². The molecule has 0 heterocycles. The third-order valence-corrected chi connectivity index (χ3v) is 3.18. The average Bonchev–Trinajstić information content (AvgIpc) is 2.39. The van der Waals surface area contributed by atoms with Crippen LogP contribution in [0.1, 0.15) is 16.7 Å². The highest BCUT2D eigenvalue weighted by Crippen LogP contribution is 2.23. The Kier molecular flexibility index (Phi) is 4.71. The molecule has 0 aliphatic carbocycles. The van der Waals surface area contributed by atoms with Gasteiger partial charge < -0.3 is 15.8 Å². The van der Waals surface area contributed by atoms with Gasteiger partial charge in [-0.1, -0.05) is 30.4 Å². The first-order chi connectivity index (χ1) is 9.60. The van der Waals surface area contributed by atoms with E-state index in [1.54, 1.807) is 7.11 Å². The van der Waals surface area contributed by atoms with Crippen molar-refractivity contribution in [3.63, 3.8) is 0 Å². The molecule has 0 saturated carbocycles. The minimum atomic E-state index is 0.389. The summed E-state index contributed by atoms with van der Waals surface area (Å²) in [5.41, 5.74) is 10.8. The predicted octanol–water partition coefficient (Wildman–Crippen LogP) is 3.52. The molecule has 4 heteroatoms. The molecule has 3 nitrogen and oxygen atoms in total. The van der Waals surface area contributed by atoms with Crippen LogP contribution in [-0.4, -0.2) is 12.1 Å². The number of anilines is 2. The largest absolute Gasteiger partial charge is 0.389 e. The van der Waals surface area contributed by atoms with Crippen molar-refractivity contribution in [2.24, 2.45) is 5.73 Å². The molecule has 0 saturated heterocycles. The number of thiocarbonyl (C=S) groups is 1. The first kappa shape index (κ1) is 14.5. The maximum atomic E-state index is 5.77. The van der Waals surface area contributed by atoms with Crippen molar-refractivity contribution in [3.05, 3.63) is 59.2 Å². The van der Waals surface area contributed by atoms with Crippen molar-refractivity contribution >= 4 is 28.6 Å². The summed E-state index contributed by atoms with van der Waals surface area (Å²) in [6.45, 7) is 2.63. The number of aryl methyl sites for hydroxylation is 1. The lowest BCUT2D eigenvalue weighted by Gasteiger charge is -2.13. The number of rotatable bonds is 5. The minimum Gasteiger partial charge on any atom is -0.389 e. The Morgan fingerprint density at radius 3 is 2.75 bits per heavy atom. The Balaban J connectivity index is 2.31. The van der Waals surface area contributed by atoms with Crippen molar-refractivity contribution in [3.8, 4) is 0 Å². The number of ether oxygens (including phenoxy) is 1. The average molecular weight is 286 g/mol. The van der Waals surface area contributed by atoms with Gasteiger partial charge in [0, 0.05) is 24.0 Å². The topological polar surface area (TPSA) is 47.3 Å². The van der Waals surface area contributed by atoms with E-state index in [1.165, 1.54) is 0 Å². The van der Waals surface area contributed by atoms with E-state index < -0.39 is 0 Å². The third-order valence-electron chi connectivity index (χ3n) is 2.96. The molecule has 0 fully saturated rings. The Labute approximate surface area is 124 Å². The normalized spacial score (nSPS) is 10.3. The first-order valence-corrected chi connectivity index (χ1v) is 6.76. The quantitative estimate of drug-likeness (QED) is 0.826. The van der Waals surface area contributed by atoms with E-state index in [9.17, 15) is 0 Å².